The first-order valence-corrected chi connectivity index (χ1v) is 10.1. The van der Waals surface area contributed by atoms with Crippen LogP contribution in [0.25, 0.3) is 11.1 Å². The number of hydrogen-bond donors (Lipinski definition) is 1. The molecule has 0 saturated heterocycles. The number of sulfonamides is 1. The molecular formula is C20H23N3O2S. The van der Waals surface area contributed by atoms with Gasteiger partial charge in [-0.1, -0.05) is 43.3 Å². The molecule has 0 spiro atoms. The third-order valence-corrected chi connectivity index (χ3v) is 5.78. The zero-order valence-corrected chi connectivity index (χ0v) is 16.0. The summed E-state index contributed by atoms with van der Waals surface area (Å²) >= 11 is 0. The van der Waals surface area contributed by atoms with Crippen molar-refractivity contribution in [2.45, 2.75) is 38.3 Å². The molecule has 0 aliphatic carbocycles. The predicted molar refractivity (Wildman–Crippen MR) is 105 cm³/mol. The van der Waals surface area contributed by atoms with E-state index in [1.165, 1.54) is 0 Å². The van der Waals surface area contributed by atoms with Gasteiger partial charge >= 0.3 is 0 Å². The molecule has 1 N–H and O–H groups in total. The van der Waals surface area contributed by atoms with Gasteiger partial charge in [-0.2, -0.15) is 8.42 Å². The highest BCUT2D eigenvalue weighted by Gasteiger charge is 2.19. The van der Waals surface area contributed by atoms with Crippen LogP contribution in [0.2, 0.25) is 0 Å². The summed E-state index contributed by atoms with van der Waals surface area (Å²) < 4.78 is 29.8. The maximum absolute atomic E-state index is 12.6. The van der Waals surface area contributed by atoms with Crippen molar-refractivity contribution in [3.05, 3.63) is 66.6 Å². The molecule has 136 valence electrons. The molecular weight excluding hydrogens is 346 g/mol. The SMILES string of the molecule is CCC(C)n1cnc(S(=O)(=O)Nc2ccc(-c3ccccc3)cc2C)c1. The second-order valence-electron chi connectivity index (χ2n) is 6.42. The third kappa shape index (κ3) is 3.80. The van der Waals surface area contributed by atoms with Crippen LogP contribution in [0, 0.1) is 6.92 Å². The predicted octanol–water partition coefficient (Wildman–Crippen LogP) is 4.63. The van der Waals surface area contributed by atoms with Gasteiger partial charge in [-0.05, 0) is 49.1 Å². The van der Waals surface area contributed by atoms with E-state index in [-0.39, 0.29) is 11.1 Å². The number of imidazole rings is 1. The summed E-state index contributed by atoms with van der Waals surface area (Å²) in [6.45, 7) is 5.97. The van der Waals surface area contributed by atoms with Crippen LogP contribution in [0.3, 0.4) is 0 Å². The number of nitrogens with zero attached hydrogens (tertiary/aromatic N) is 2. The molecule has 3 rings (SSSR count). The van der Waals surface area contributed by atoms with Crippen molar-refractivity contribution in [3.8, 4) is 11.1 Å². The first-order valence-electron chi connectivity index (χ1n) is 8.63. The lowest BCUT2D eigenvalue weighted by molar-refractivity contribution is 0.529. The Bertz CT molecular complexity index is 995. The topological polar surface area (TPSA) is 64.0 Å². The van der Waals surface area contributed by atoms with Crippen LogP contribution < -0.4 is 4.72 Å². The molecule has 2 aromatic carbocycles. The van der Waals surface area contributed by atoms with Gasteiger partial charge in [-0.3, -0.25) is 4.72 Å². The van der Waals surface area contributed by atoms with Crippen LogP contribution in [0.5, 0.6) is 0 Å². The summed E-state index contributed by atoms with van der Waals surface area (Å²) in [5.74, 6) is 0. The van der Waals surface area contributed by atoms with Crippen LogP contribution in [-0.4, -0.2) is 18.0 Å². The standard InChI is InChI=1S/C20H23N3O2S/c1-4-16(3)23-13-20(21-14-23)26(24,25)22-19-11-10-18(12-15(19)2)17-8-6-5-7-9-17/h5-14,16,22H,4H2,1-3H3. The lowest BCUT2D eigenvalue weighted by Gasteiger charge is -2.11. The Morgan fingerprint density at radius 1 is 1.12 bits per heavy atom. The number of nitrogens with one attached hydrogen (secondary N) is 1. The van der Waals surface area contributed by atoms with Gasteiger partial charge in [0.05, 0.1) is 12.0 Å². The van der Waals surface area contributed by atoms with Gasteiger partial charge in [0.2, 0.25) is 0 Å². The van der Waals surface area contributed by atoms with Crippen molar-refractivity contribution < 1.29 is 8.42 Å². The van der Waals surface area contributed by atoms with Gasteiger partial charge in [0.25, 0.3) is 10.0 Å². The summed E-state index contributed by atoms with van der Waals surface area (Å²) in [6.07, 6.45) is 4.04. The number of aromatic nitrogens is 2. The maximum Gasteiger partial charge on any atom is 0.280 e. The molecule has 0 bridgehead atoms. The van der Waals surface area contributed by atoms with E-state index in [0.717, 1.165) is 23.1 Å². The lowest BCUT2D eigenvalue weighted by atomic mass is 10.0. The molecule has 1 atom stereocenters. The van der Waals surface area contributed by atoms with E-state index >= 15 is 0 Å². The number of anilines is 1. The highest BCUT2D eigenvalue weighted by Crippen LogP contribution is 2.26. The minimum absolute atomic E-state index is 0.0318. The zero-order chi connectivity index (χ0) is 18.7. The smallest absolute Gasteiger partial charge is 0.280 e. The van der Waals surface area contributed by atoms with Gasteiger partial charge < -0.3 is 4.57 Å². The fraction of sp³-hybridized carbons (Fsp3) is 0.250. The Morgan fingerprint density at radius 3 is 2.50 bits per heavy atom. The van der Waals surface area contributed by atoms with Crippen molar-refractivity contribution in [1.29, 1.82) is 0 Å². The molecule has 3 aromatic rings. The van der Waals surface area contributed by atoms with Gasteiger partial charge in [0.1, 0.15) is 0 Å². The third-order valence-electron chi connectivity index (χ3n) is 4.53. The summed E-state index contributed by atoms with van der Waals surface area (Å²) in [7, 11) is -3.72. The van der Waals surface area contributed by atoms with Crippen molar-refractivity contribution in [3.63, 3.8) is 0 Å². The lowest BCUT2D eigenvalue weighted by Crippen LogP contribution is -2.14. The average Bonchev–Trinajstić information content (AvgIpc) is 3.14. The van der Waals surface area contributed by atoms with Crippen LogP contribution in [0.4, 0.5) is 5.69 Å². The number of aryl methyl sites for hydroxylation is 1. The normalized spacial score (nSPS) is 12.7. The van der Waals surface area contributed by atoms with Crippen LogP contribution in [-0.2, 0) is 10.0 Å². The Kier molecular flexibility index (Phi) is 5.13. The monoisotopic (exact) mass is 369 g/mol. The Labute approximate surface area is 154 Å². The minimum Gasteiger partial charge on any atom is -0.333 e. The number of hydrogen-bond acceptors (Lipinski definition) is 3. The van der Waals surface area contributed by atoms with E-state index in [2.05, 4.69) is 16.6 Å². The fourth-order valence-corrected chi connectivity index (χ4v) is 3.76. The van der Waals surface area contributed by atoms with E-state index in [1.807, 2.05) is 60.9 Å². The van der Waals surface area contributed by atoms with E-state index in [0.29, 0.717) is 5.69 Å². The maximum atomic E-state index is 12.6. The summed E-state index contributed by atoms with van der Waals surface area (Å²) in [4.78, 5) is 4.06. The minimum atomic E-state index is -3.72. The van der Waals surface area contributed by atoms with Gasteiger partial charge in [-0.25, -0.2) is 4.98 Å². The van der Waals surface area contributed by atoms with E-state index < -0.39 is 10.0 Å². The molecule has 1 unspecified atom stereocenters. The molecule has 1 heterocycles. The summed E-state index contributed by atoms with van der Waals surface area (Å²) in [5.41, 5.74) is 3.56. The van der Waals surface area contributed by atoms with Crippen LogP contribution in [0.1, 0.15) is 31.9 Å². The first kappa shape index (κ1) is 18.2. The van der Waals surface area contributed by atoms with Crippen molar-refractivity contribution in [2.24, 2.45) is 0 Å². The summed E-state index contributed by atoms with van der Waals surface area (Å²) in [5, 5.41) is 0.0318. The molecule has 26 heavy (non-hydrogen) atoms. The zero-order valence-electron chi connectivity index (χ0n) is 15.2. The molecule has 0 radical (unpaired) electrons. The Morgan fingerprint density at radius 2 is 1.85 bits per heavy atom. The molecule has 0 fully saturated rings. The Balaban J connectivity index is 1.85. The molecule has 6 heteroatoms. The Hall–Kier alpha value is -2.60. The highest BCUT2D eigenvalue weighted by atomic mass is 32.2. The van der Waals surface area contributed by atoms with Gasteiger partial charge in [0.15, 0.2) is 5.03 Å². The molecule has 5 nitrogen and oxygen atoms in total. The molecule has 0 amide bonds. The van der Waals surface area contributed by atoms with Crippen LogP contribution in [0.15, 0.2) is 66.1 Å². The number of benzene rings is 2. The van der Waals surface area contributed by atoms with E-state index in [1.54, 1.807) is 18.6 Å². The quantitative estimate of drug-likeness (QED) is 0.689. The second kappa shape index (κ2) is 7.33. The van der Waals surface area contributed by atoms with Crippen molar-refractivity contribution in [2.75, 3.05) is 4.72 Å². The second-order valence-corrected chi connectivity index (χ2v) is 8.05. The van der Waals surface area contributed by atoms with E-state index in [9.17, 15) is 8.42 Å². The average molecular weight is 369 g/mol. The van der Waals surface area contributed by atoms with Crippen molar-refractivity contribution in [1.82, 2.24) is 9.55 Å². The molecule has 0 aliphatic heterocycles. The van der Waals surface area contributed by atoms with Crippen molar-refractivity contribution >= 4 is 15.7 Å². The fourth-order valence-electron chi connectivity index (χ4n) is 2.69. The number of rotatable bonds is 6. The van der Waals surface area contributed by atoms with Crippen LogP contribution >= 0.6 is 0 Å². The first-order chi connectivity index (χ1) is 12.4. The van der Waals surface area contributed by atoms with Gasteiger partial charge in [-0.15, -0.1) is 0 Å². The molecule has 1 aromatic heterocycles. The summed E-state index contributed by atoms with van der Waals surface area (Å²) in [6, 6.07) is 15.9. The largest absolute Gasteiger partial charge is 0.333 e. The molecule has 0 aliphatic rings. The van der Waals surface area contributed by atoms with E-state index in [4.69, 9.17) is 0 Å². The van der Waals surface area contributed by atoms with Gasteiger partial charge in [0, 0.05) is 12.2 Å². The highest BCUT2D eigenvalue weighted by molar-refractivity contribution is 7.92. The molecule has 0 saturated carbocycles.